The molecule has 0 saturated carbocycles. The fraction of sp³-hybridized carbons (Fsp3) is 0.511. The molecule has 2 aromatic carbocycles. The molecule has 310 valence electrons. The van der Waals surface area contributed by atoms with Crippen LogP contribution in [0.2, 0.25) is 0 Å². The number of nitrogens with one attached hydrogen (secondary N) is 3. The predicted octanol–water partition coefficient (Wildman–Crippen LogP) is 7.58. The third-order valence-corrected chi connectivity index (χ3v) is 11.9. The molecule has 6 rings (SSSR count). The van der Waals surface area contributed by atoms with Crippen LogP contribution >= 0.6 is 0 Å². The number of aromatic amines is 1. The van der Waals surface area contributed by atoms with Crippen LogP contribution in [0.4, 0.5) is 9.59 Å². The molecule has 3 aromatic rings. The monoisotopic (exact) mass is 793 g/mol. The number of hydrogen-bond acceptors (Lipinski definition) is 8. The zero-order chi connectivity index (χ0) is 42.0. The first kappa shape index (κ1) is 42.2. The van der Waals surface area contributed by atoms with E-state index >= 15 is 0 Å². The molecule has 0 radical (unpaired) electrons. The SMILES string of the molecule is COC(=O)N[C@H](C(=O)N1CCCC1c1ncc(-c2cc(C)c(-c3c(C)cc(C4=CN=C([C@@H]5CCCN5C(=O)[C@@H](NC(=O)OC)C(C)C)C4)cc3C)c(C)c2)[nH]1)C(C)C. The molecule has 4 heterocycles. The van der Waals surface area contributed by atoms with Crippen molar-refractivity contribution in [2.45, 2.75) is 112 Å². The number of nitrogens with zero attached hydrogens (tertiary/aromatic N) is 4. The number of aryl methyl sites for hydroxylation is 4. The summed E-state index contributed by atoms with van der Waals surface area (Å²) >= 11 is 0. The van der Waals surface area contributed by atoms with Crippen LogP contribution in [0.25, 0.3) is 28.0 Å². The maximum absolute atomic E-state index is 13.7. The van der Waals surface area contributed by atoms with Crippen LogP contribution in [0.15, 0.2) is 41.7 Å². The van der Waals surface area contributed by atoms with Gasteiger partial charge in [-0.15, -0.1) is 0 Å². The average Bonchev–Trinajstić information content (AvgIpc) is 4.02. The van der Waals surface area contributed by atoms with E-state index in [0.717, 1.165) is 70.7 Å². The summed E-state index contributed by atoms with van der Waals surface area (Å²) in [5.41, 5.74) is 12.2. The van der Waals surface area contributed by atoms with E-state index in [1.54, 1.807) is 0 Å². The van der Waals surface area contributed by atoms with Gasteiger partial charge in [-0.05, 0) is 122 Å². The Kier molecular flexibility index (Phi) is 12.8. The Bertz CT molecular complexity index is 2090. The lowest BCUT2D eigenvalue weighted by molar-refractivity contribution is -0.135. The van der Waals surface area contributed by atoms with E-state index in [1.807, 2.05) is 49.9 Å². The first-order valence-corrected chi connectivity index (χ1v) is 20.5. The number of likely N-dealkylation sites (tertiary alicyclic amines) is 2. The van der Waals surface area contributed by atoms with Gasteiger partial charge in [0.2, 0.25) is 11.8 Å². The summed E-state index contributed by atoms with van der Waals surface area (Å²) in [7, 11) is 2.60. The standard InChI is InChI=1S/C45H59N7O6/c1-24(2)39(49-44(55)57-9)42(53)51-15-11-13-35(51)33-21-32(22-46-33)30-17-26(5)37(27(6)18-30)38-28(7)19-31(20-29(38)8)34-23-47-41(48-34)36-14-12-16-52(36)43(54)40(25(3)4)50-45(56)58-10/h17-20,22-25,35-36,39-40H,11-16,21H2,1-10H3,(H,47,48)(H,49,55)(H,50,56)/t35-,36?,39-,40-/m0/s1. The number of imidazole rings is 1. The Hall–Kier alpha value is -5.46. The molecule has 13 nitrogen and oxygen atoms in total. The van der Waals surface area contributed by atoms with E-state index in [9.17, 15) is 19.2 Å². The highest BCUT2D eigenvalue weighted by Crippen LogP contribution is 2.39. The Morgan fingerprint density at radius 3 is 1.67 bits per heavy atom. The summed E-state index contributed by atoms with van der Waals surface area (Å²) in [6.45, 7) is 17.5. The molecule has 2 saturated heterocycles. The predicted molar refractivity (Wildman–Crippen MR) is 225 cm³/mol. The van der Waals surface area contributed by atoms with Crippen molar-refractivity contribution in [2.24, 2.45) is 16.8 Å². The molecule has 0 aliphatic carbocycles. The first-order chi connectivity index (χ1) is 27.6. The van der Waals surface area contributed by atoms with Gasteiger partial charge in [-0.2, -0.15) is 0 Å². The van der Waals surface area contributed by atoms with Gasteiger partial charge in [0.1, 0.15) is 17.9 Å². The quantitative estimate of drug-likeness (QED) is 0.181. The summed E-state index contributed by atoms with van der Waals surface area (Å²) in [6, 6.07) is 7.19. The van der Waals surface area contributed by atoms with E-state index in [4.69, 9.17) is 19.5 Å². The molecular formula is C45H59N7O6. The zero-order valence-electron chi connectivity index (χ0n) is 35.6. The number of ether oxygens (including phenoxy) is 2. The van der Waals surface area contributed by atoms with Crippen molar-refractivity contribution in [2.75, 3.05) is 27.3 Å². The summed E-state index contributed by atoms with van der Waals surface area (Å²) in [5.74, 6) is 0.304. The van der Waals surface area contributed by atoms with Crippen molar-refractivity contribution >= 4 is 35.3 Å². The van der Waals surface area contributed by atoms with Crippen molar-refractivity contribution in [1.82, 2.24) is 30.4 Å². The average molecular weight is 794 g/mol. The lowest BCUT2D eigenvalue weighted by Gasteiger charge is -2.31. The Morgan fingerprint density at radius 2 is 1.19 bits per heavy atom. The summed E-state index contributed by atoms with van der Waals surface area (Å²) in [4.78, 5) is 68.3. The van der Waals surface area contributed by atoms with Gasteiger partial charge in [0, 0.05) is 37.0 Å². The number of aromatic nitrogens is 2. The van der Waals surface area contributed by atoms with Gasteiger partial charge in [-0.1, -0.05) is 39.8 Å². The minimum Gasteiger partial charge on any atom is -0.453 e. The van der Waals surface area contributed by atoms with E-state index in [1.165, 1.54) is 36.5 Å². The van der Waals surface area contributed by atoms with Crippen LogP contribution in [0.5, 0.6) is 0 Å². The largest absolute Gasteiger partial charge is 0.453 e. The number of benzene rings is 2. The summed E-state index contributed by atoms with van der Waals surface area (Å²) in [6.07, 6.45) is 6.58. The van der Waals surface area contributed by atoms with Gasteiger partial charge in [0.05, 0.1) is 38.2 Å². The summed E-state index contributed by atoms with van der Waals surface area (Å²) in [5, 5.41) is 5.45. The van der Waals surface area contributed by atoms with E-state index in [-0.39, 0.29) is 35.7 Å². The highest BCUT2D eigenvalue weighted by molar-refractivity contribution is 6.04. The number of amides is 4. The van der Waals surface area contributed by atoms with Crippen LogP contribution in [0.1, 0.15) is 99.5 Å². The van der Waals surface area contributed by atoms with Gasteiger partial charge in [0.25, 0.3) is 0 Å². The molecule has 0 bridgehead atoms. The second kappa shape index (κ2) is 17.6. The fourth-order valence-electron chi connectivity index (χ4n) is 8.98. The van der Waals surface area contributed by atoms with Gasteiger partial charge in [-0.3, -0.25) is 14.6 Å². The molecule has 13 heteroatoms. The van der Waals surface area contributed by atoms with Crippen LogP contribution in [0, 0.1) is 39.5 Å². The molecular weight excluding hydrogens is 735 g/mol. The molecule has 3 N–H and O–H groups in total. The fourth-order valence-corrected chi connectivity index (χ4v) is 8.98. The second-order valence-electron chi connectivity index (χ2n) is 16.7. The highest BCUT2D eigenvalue weighted by Gasteiger charge is 2.39. The van der Waals surface area contributed by atoms with Crippen molar-refractivity contribution in [3.05, 3.63) is 70.3 Å². The van der Waals surface area contributed by atoms with E-state index in [2.05, 4.69) is 67.6 Å². The van der Waals surface area contributed by atoms with Crippen molar-refractivity contribution in [3.63, 3.8) is 0 Å². The third kappa shape index (κ3) is 8.54. The molecule has 3 aliphatic heterocycles. The topological polar surface area (TPSA) is 158 Å². The lowest BCUT2D eigenvalue weighted by atomic mass is 9.85. The Labute approximate surface area is 342 Å². The number of rotatable bonds is 11. The molecule has 3 aliphatic rings. The number of hydrogen-bond donors (Lipinski definition) is 3. The number of aliphatic imine (C=N–C) groups is 1. The molecule has 1 unspecified atom stereocenters. The maximum Gasteiger partial charge on any atom is 0.407 e. The van der Waals surface area contributed by atoms with Gasteiger partial charge < -0.3 is 34.9 Å². The smallest absolute Gasteiger partial charge is 0.407 e. The molecule has 58 heavy (non-hydrogen) atoms. The Balaban J connectivity index is 1.17. The minimum atomic E-state index is -0.691. The molecule has 4 atom stereocenters. The Morgan fingerprint density at radius 1 is 0.724 bits per heavy atom. The number of alkyl carbamates (subject to hydrolysis) is 2. The molecule has 4 amide bonds. The van der Waals surface area contributed by atoms with Crippen LogP contribution < -0.4 is 10.6 Å². The number of carbonyl (C=O) groups excluding carboxylic acids is 4. The van der Waals surface area contributed by atoms with E-state index in [0.29, 0.717) is 19.5 Å². The van der Waals surface area contributed by atoms with Crippen LogP contribution in [-0.2, 0) is 19.1 Å². The molecule has 2 fully saturated rings. The summed E-state index contributed by atoms with van der Waals surface area (Å²) < 4.78 is 9.58. The van der Waals surface area contributed by atoms with Crippen LogP contribution in [-0.4, -0.2) is 94.9 Å². The number of carbonyl (C=O) groups is 4. The minimum absolute atomic E-state index is 0.0900. The van der Waals surface area contributed by atoms with Gasteiger partial charge in [-0.25, -0.2) is 14.6 Å². The number of H-pyrrole nitrogens is 1. The zero-order valence-corrected chi connectivity index (χ0v) is 35.6. The number of allylic oxidation sites excluding steroid dienone is 1. The molecule has 0 spiro atoms. The van der Waals surface area contributed by atoms with Crippen molar-refractivity contribution < 1.29 is 28.7 Å². The molecule has 1 aromatic heterocycles. The second-order valence-corrected chi connectivity index (χ2v) is 16.7. The normalized spacial score (nSPS) is 19.0. The first-order valence-electron chi connectivity index (χ1n) is 20.5. The van der Waals surface area contributed by atoms with Crippen LogP contribution in [0.3, 0.4) is 0 Å². The van der Waals surface area contributed by atoms with Crippen molar-refractivity contribution in [3.8, 4) is 22.4 Å². The third-order valence-electron chi connectivity index (χ3n) is 11.9. The highest BCUT2D eigenvalue weighted by atomic mass is 16.5. The maximum atomic E-state index is 13.7. The van der Waals surface area contributed by atoms with Crippen molar-refractivity contribution in [1.29, 1.82) is 0 Å². The van der Waals surface area contributed by atoms with E-state index < -0.39 is 24.3 Å². The van der Waals surface area contributed by atoms with Gasteiger partial charge in [0.15, 0.2) is 0 Å². The lowest BCUT2D eigenvalue weighted by Crippen LogP contribution is -2.53. The number of methoxy groups -OCH3 is 2. The van der Waals surface area contributed by atoms with Gasteiger partial charge >= 0.3 is 12.2 Å².